The number of aliphatic hydroxyl groups excluding tert-OH is 7. The fourth-order valence-corrected chi connectivity index (χ4v) is 5.00. The number of rotatable bonds is 10. The van der Waals surface area contributed by atoms with Gasteiger partial charge in [0.15, 0.2) is 6.29 Å². The van der Waals surface area contributed by atoms with Crippen molar-refractivity contribution in [1.29, 1.82) is 0 Å². The molecule has 15 heteroatoms. The summed E-state index contributed by atoms with van der Waals surface area (Å²) in [6.07, 6.45) is -14.4. The van der Waals surface area contributed by atoms with Gasteiger partial charge in [0.05, 0.1) is 24.9 Å². The predicted octanol–water partition coefficient (Wildman–Crippen LogP) is -4.68. The van der Waals surface area contributed by atoms with Crippen LogP contribution in [0, 0.1) is 0 Å². The van der Waals surface area contributed by atoms with E-state index in [1.807, 2.05) is 0 Å². The Morgan fingerprint density at radius 2 is 1.82 bits per heavy atom. The Balaban J connectivity index is 2.23. The first-order valence-corrected chi connectivity index (χ1v) is 11.1. The summed E-state index contributed by atoms with van der Waals surface area (Å²) in [5.41, 5.74) is 0. The zero-order chi connectivity index (χ0) is 25.1. The van der Waals surface area contributed by atoms with Gasteiger partial charge < -0.3 is 60.4 Å². The maximum absolute atomic E-state index is 12.1. The number of carboxylic acids is 1. The van der Waals surface area contributed by atoms with E-state index in [-0.39, 0.29) is 0 Å². The SMILES string of the molecule is COC1OC(C(O)CSC2(C(=O)O)CC(O)C(NC(C)=O)C(C(O)C(O)CO)O2)C(O)C1O. The first kappa shape index (κ1) is 28.1. The Hall–Kier alpha value is -1.11. The molecular formula is C18H31NO13S. The average Bonchev–Trinajstić information content (AvgIpc) is 3.06. The predicted molar refractivity (Wildman–Crippen MR) is 109 cm³/mol. The first-order chi connectivity index (χ1) is 15.4. The molecule has 192 valence electrons. The molecule has 14 nitrogen and oxygen atoms in total. The molecule has 2 aliphatic heterocycles. The van der Waals surface area contributed by atoms with Gasteiger partial charge in [0, 0.05) is 26.2 Å². The number of hydrogen-bond acceptors (Lipinski definition) is 13. The molecule has 2 saturated heterocycles. The van der Waals surface area contributed by atoms with Crippen LogP contribution in [0.4, 0.5) is 0 Å². The van der Waals surface area contributed by atoms with Gasteiger partial charge in [-0.05, 0) is 0 Å². The Morgan fingerprint density at radius 3 is 2.30 bits per heavy atom. The minimum absolute atomic E-state index is 0.417. The monoisotopic (exact) mass is 501 g/mol. The molecule has 0 saturated carbocycles. The van der Waals surface area contributed by atoms with Crippen LogP contribution in [0.5, 0.6) is 0 Å². The largest absolute Gasteiger partial charge is 0.478 e. The molecule has 0 aliphatic carbocycles. The second-order valence-corrected chi connectivity index (χ2v) is 9.22. The molecule has 0 aromatic carbocycles. The molecule has 11 atom stereocenters. The van der Waals surface area contributed by atoms with E-state index in [4.69, 9.17) is 19.3 Å². The van der Waals surface area contributed by atoms with Crippen molar-refractivity contribution in [3.63, 3.8) is 0 Å². The number of thioether (sulfide) groups is 1. The summed E-state index contributed by atoms with van der Waals surface area (Å²) in [5.74, 6) is -2.62. The number of methoxy groups -OCH3 is 1. The molecule has 2 aliphatic rings. The van der Waals surface area contributed by atoms with E-state index in [1.54, 1.807) is 0 Å². The molecule has 2 heterocycles. The zero-order valence-corrected chi connectivity index (χ0v) is 18.7. The molecule has 0 aromatic heterocycles. The highest BCUT2D eigenvalue weighted by Gasteiger charge is 2.56. The van der Waals surface area contributed by atoms with Gasteiger partial charge in [-0.2, -0.15) is 0 Å². The number of ether oxygens (including phenoxy) is 3. The summed E-state index contributed by atoms with van der Waals surface area (Å²) in [6.45, 7) is 0.215. The van der Waals surface area contributed by atoms with Gasteiger partial charge in [0.1, 0.15) is 36.6 Å². The summed E-state index contributed by atoms with van der Waals surface area (Å²) in [4.78, 5) is 21.4. The van der Waals surface area contributed by atoms with Crippen LogP contribution in [-0.4, -0.2) is 138 Å². The summed E-state index contributed by atoms with van der Waals surface area (Å²) in [6, 6.07) is -1.31. The molecular weight excluding hydrogens is 470 g/mol. The van der Waals surface area contributed by atoms with Crippen molar-refractivity contribution >= 4 is 23.6 Å². The highest BCUT2D eigenvalue weighted by Crippen LogP contribution is 2.41. The number of carbonyl (C=O) groups excluding carboxylic acids is 1. The van der Waals surface area contributed by atoms with E-state index in [2.05, 4.69) is 5.32 Å². The van der Waals surface area contributed by atoms with Crippen molar-refractivity contribution in [3.8, 4) is 0 Å². The molecule has 9 N–H and O–H groups in total. The Morgan fingerprint density at radius 1 is 1.18 bits per heavy atom. The smallest absolute Gasteiger partial charge is 0.346 e. The lowest BCUT2D eigenvalue weighted by Crippen LogP contribution is -2.66. The summed E-state index contributed by atoms with van der Waals surface area (Å²) < 4.78 is 15.7. The topological polar surface area (TPSA) is 236 Å². The third kappa shape index (κ3) is 6.12. The van der Waals surface area contributed by atoms with Crippen LogP contribution in [0.15, 0.2) is 0 Å². The standard InChI is InChI=1S/C18H31NO13S/c1-6(21)19-10-7(22)3-18(17(28)29,32-15(10)11(25)8(23)4-20)33-5-9(24)14-12(26)13(27)16(30-2)31-14/h7-16,20,22-27H,3-5H2,1-2H3,(H,19,21)(H,28,29). The van der Waals surface area contributed by atoms with Crippen molar-refractivity contribution in [2.24, 2.45) is 0 Å². The van der Waals surface area contributed by atoms with E-state index < -0.39 is 96.8 Å². The van der Waals surface area contributed by atoms with Crippen LogP contribution >= 0.6 is 11.8 Å². The number of carbonyl (C=O) groups is 2. The Kier molecular flexibility index (Phi) is 9.84. The molecule has 0 aromatic rings. The zero-order valence-electron chi connectivity index (χ0n) is 17.9. The minimum Gasteiger partial charge on any atom is -0.478 e. The molecule has 0 spiro atoms. The molecule has 2 fully saturated rings. The van der Waals surface area contributed by atoms with Gasteiger partial charge >= 0.3 is 5.97 Å². The van der Waals surface area contributed by atoms with Gasteiger partial charge in [-0.3, -0.25) is 4.79 Å². The number of aliphatic carboxylic acids is 1. The quantitative estimate of drug-likeness (QED) is 0.137. The number of aliphatic hydroxyl groups is 7. The van der Waals surface area contributed by atoms with Crippen molar-refractivity contribution in [1.82, 2.24) is 5.32 Å². The fourth-order valence-electron chi connectivity index (χ4n) is 3.78. The van der Waals surface area contributed by atoms with Gasteiger partial charge in [-0.1, -0.05) is 0 Å². The molecule has 0 bridgehead atoms. The lowest BCUT2D eigenvalue weighted by Gasteiger charge is -2.46. The summed E-state index contributed by atoms with van der Waals surface area (Å²) in [5, 5.41) is 82.6. The van der Waals surface area contributed by atoms with E-state index in [1.165, 1.54) is 7.11 Å². The second-order valence-electron chi connectivity index (χ2n) is 7.94. The third-order valence-electron chi connectivity index (χ3n) is 5.54. The molecule has 33 heavy (non-hydrogen) atoms. The lowest BCUT2D eigenvalue weighted by atomic mass is 9.90. The summed E-state index contributed by atoms with van der Waals surface area (Å²) >= 11 is 0.512. The highest BCUT2D eigenvalue weighted by molar-refractivity contribution is 8.01. The van der Waals surface area contributed by atoms with E-state index in [0.717, 1.165) is 6.92 Å². The molecule has 11 unspecified atom stereocenters. The second kappa shape index (κ2) is 11.5. The van der Waals surface area contributed by atoms with Gasteiger partial charge in [0.2, 0.25) is 10.8 Å². The van der Waals surface area contributed by atoms with Crippen LogP contribution < -0.4 is 5.32 Å². The normalized spacial score (nSPS) is 39.6. The number of amides is 1. The maximum atomic E-state index is 12.1. The van der Waals surface area contributed by atoms with Crippen LogP contribution in [0.1, 0.15) is 13.3 Å². The van der Waals surface area contributed by atoms with E-state index in [0.29, 0.717) is 11.8 Å². The maximum Gasteiger partial charge on any atom is 0.346 e. The Labute approximate surface area is 193 Å². The summed E-state index contributed by atoms with van der Waals surface area (Å²) in [7, 11) is 1.22. The highest BCUT2D eigenvalue weighted by atomic mass is 32.2. The van der Waals surface area contributed by atoms with Gasteiger partial charge in [0.25, 0.3) is 0 Å². The van der Waals surface area contributed by atoms with Crippen LogP contribution in [-0.2, 0) is 23.8 Å². The van der Waals surface area contributed by atoms with Crippen LogP contribution in [0.3, 0.4) is 0 Å². The first-order valence-electron chi connectivity index (χ1n) is 10.1. The minimum atomic E-state index is -2.25. The van der Waals surface area contributed by atoms with Crippen molar-refractivity contribution < 1.29 is 64.7 Å². The van der Waals surface area contributed by atoms with Crippen molar-refractivity contribution in [2.75, 3.05) is 19.5 Å². The molecule has 1 amide bonds. The van der Waals surface area contributed by atoms with Gasteiger partial charge in [-0.15, -0.1) is 11.8 Å². The van der Waals surface area contributed by atoms with Crippen LogP contribution in [0.2, 0.25) is 0 Å². The fraction of sp³-hybridized carbons (Fsp3) is 0.889. The average molecular weight is 502 g/mol. The van der Waals surface area contributed by atoms with E-state index >= 15 is 0 Å². The lowest BCUT2D eigenvalue weighted by molar-refractivity contribution is -0.205. The van der Waals surface area contributed by atoms with Crippen LogP contribution in [0.25, 0.3) is 0 Å². The van der Waals surface area contributed by atoms with Crippen molar-refractivity contribution in [3.05, 3.63) is 0 Å². The van der Waals surface area contributed by atoms with Gasteiger partial charge in [-0.25, -0.2) is 4.79 Å². The number of nitrogens with one attached hydrogen (secondary N) is 1. The number of hydrogen-bond donors (Lipinski definition) is 9. The number of carboxylic acid groups (broad SMARTS) is 1. The Bertz CT molecular complexity index is 686. The molecule has 0 radical (unpaired) electrons. The molecule has 2 rings (SSSR count). The third-order valence-corrected chi connectivity index (χ3v) is 6.95. The van der Waals surface area contributed by atoms with E-state index in [9.17, 15) is 45.3 Å². The van der Waals surface area contributed by atoms with Crippen molar-refractivity contribution in [2.45, 2.75) is 79.4 Å².